The van der Waals surface area contributed by atoms with Gasteiger partial charge >= 0.3 is 0 Å². The fourth-order valence-corrected chi connectivity index (χ4v) is 3.17. The van der Waals surface area contributed by atoms with Crippen molar-refractivity contribution in [1.29, 1.82) is 0 Å². The first-order chi connectivity index (χ1) is 11.7. The highest BCUT2D eigenvalue weighted by Gasteiger charge is 2.41. The molecule has 0 heterocycles. The zero-order valence-electron chi connectivity index (χ0n) is 16.4. The molecular weight excluding hydrogens is 302 g/mol. The second-order valence-electron chi connectivity index (χ2n) is 6.18. The average molecular weight is 342 g/mol. The van der Waals surface area contributed by atoms with Gasteiger partial charge in [0.05, 0.1) is 0 Å². The summed E-state index contributed by atoms with van der Waals surface area (Å²) in [6.07, 6.45) is 10.5. The molecule has 1 atom stereocenters. The molecule has 0 bridgehead atoms. The molecule has 0 aromatic carbocycles. The van der Waals surface area contributed by atoms with Crippen molar-refractivity contribution in [2.75, 3.05) is 26.4 Å². The Bertz CT molecular complexity index is 297. The molecule has 0 aliphatic heterocycles. The molecule has 0 rings (SSSR count). The lowest BCUT2D eigenvalue weighted by molar-refractivity contribution is -0.403. The molecule has 0 aliphatic rings. The standard InChI is InChI=1S/C20H39NO3/c1-6-10-11-12-13-14-16-19(17-15-18-21-5)20(22-7-2,23-8-3)24-9-4/h19H,6-18H2,1-4H3. The Morgan fingerprint density at radius 2 is 1.25 bits per heavy atom. The molecule has 0 saturated carbocycles. The van der Waals surface area contributed by atoms with E-state index < -0.39 is 5.97 Å². The number of hydrogen-bond donors (Lipinski definition) is 0. The minimum Gasteiger partial charge on any atom is -0.328 e. The number of rotatable bonds is 17. The van der Waals surface area contributed by atoms with Crippen LogP contribution in [0, 0.1) is 12.5 Å². The van der Waals surface area contributed by atoms with Gasteiger partial charge in [0.2, 0.25) is 6.54 Å². The first-order valence-electron chi connectivity index (χ1n) is 9.95. The summed E-state index contributed by atoms with van der Waals surface area (Å²) in [6.45, 7) is 17.5. The number of ether oxygens (including phenoxy) is 3. The summed E-state index contributed by atoms with van der Waals surface area (Å²) in [5.74, 6) is -0.755. The fraction of sp³-hybridized carbons (Fsp3) is 0.950. The largest absolute Gasteiger partial charge is 0.328 e. The van der Waals surface area contributed by atoms with E-state index in [0.717, 1.165) is 19.3 Å². The van der Waals surface area contributed by atoms with E-state index in [9.17, 15) is 0 Å². The molecule has 0 radical (unpaired) electrons. The molecule has 4 nitrogen and oxygen atoms in total. The molecule has 0 spiro atoms. The van der Waals surface area contributed by atoms with E-state index in [-0.39, 0.29) is 5.92 Å². The van der Waals surface area contributed by atoms with Crippen LogP contribution in [0.25, 0.3) is 4.85 Å². The summed E-state index contributed by atoms with van der Waals surface area (Å²) in [4.78, 5) is 3.49. The van der Waals surface area contributed by atoms with Gasteiger partial charge in [0.15, 0.2) is 0 Å². The highest BCUT2D eigenvalue weighted by atomic mass is 16.9. The predicted octanol–water partition coefficient (Wildman–Crippen LogP) is 5.82. The molecule has 142 valence electrons. The van der Waals surface area contributed by atoms with Crippen molar-refractivity contribution >= 4 is 0 Å². The molecule has 0 aromatic rings. The highest BCUT2D eigenvalue weighted by molar-refractivity contribution is 4.74. The molecule has 0 aromatic heterocycles. The van der Waals surface area contributed by atoms with Crippen LogP contribution in [0.3, 0.4) is 0 Å². The van der Waals surface area contributed by atoms with E-state index in [1.54, 1.807) is 0 Å². The SMILES string of the molecule is [C-]#[N+]CCCC(CCCCCCCC)C(OCC)(OCC)OCC. The third-order valence-corrected chi connectivity index (χ3v) is 4.27. The van der Waals surface area contributed by atoms with E-state index in [0.29, 0.717) is 26.4 Å². The van der Waals surface area contributed by atoms with Gasteiger partial charge in [-0.3, -0.25) is 0 Å². The summed E-state index contributed by atoms with van der Waals surface area (Å²) in [6, 6.07) is 0. The smallest absolute Gasteiger partial charge is 0.285 e. The van der Waals surface area contributed by atoms with Crippen LogP contribution in [-0.2, 0) is 14.2 Å². The molecule has 0 saturated heterocycles. The molecule has 4 heteroatoms. The van der Waals surface area contributed by atoms with E-state index in [1.807, 2.05) is 20.8 Å². The summed E-state index contributed by atoms with van der Waals surface area (Å²) in [7, 11) is 0. The van der Waals surface area contributed by atoms with Crippen molar-refractivity contribution in [1.82, 2.24) is 0 Å². The van der Waals surface area contributed by atoms with Gasteiger partial charge in [-0.05, 0) is 33.6 Å². The van der Waals surface area contributed by atoms with Crippen LogP contribution in [-0.4, -0.2) is 32.3 Å². The van der Waals surface area contributed by atoms with E-state index in [2.05, 4.69) is 11.8 Å². The fourth-order valence-electron chi connectivity index (χ4n) is 3.17. The molecule has 0 fully saturated rings. The van der Waals surface area contributed by atoms with Crippen molar-refractivity contribution < 1.29 is 14.2 Å². The van der Waals surface area contributed by atoms with Crippen molar-refractivity contribution in [3.63, 3.8) is 0 Å². The van der Waals surface area contributed by atoms with Gasteiger partial charge in [0.1, 0.15) is 0 Å². The second-order valence-corrected chi connectivity index (χ2v) is 6.18. The van der Waals surface area contributed by atoms with Crippen LogP contribution in [0.15, 0.2) is 0 Å². The van der Waals surface area contributed by atoms with E-state index in [1.165, 1.54) is 38.5 Å². The Morgan fingerprint density at radius 3 is 1.75 bits per heavy atom. The van der Waals surface area contributed by atoms with Gasteiger partial charge in [-0.15, -0.1) is 0 Å². The number of hydrogen-bond acceptors (Lipinski definition) is 3. The lowest BCUT2D eigenvalue weighted by atomic mass is 9.92. The van der Waals surface area contributed by atoms with Gasteiger partial charge in [0.25, 0.3) is 5.97 Å². The van der Waals surface area contributed by atoms with Crippen LogP contribution < -0.4 is 0 Å². The number of nitrogens with zero attached hydrogens (tertiary/aromatic N) is 1. The van der Waals surface area contributed by atoms with Gasteiger partial charge < -0.3 is 19.1 Å². The number of unbranched alkanes of at least 4 members (excludes halogenated alkanes) is 5. The minimum atomic E-state index is -0.941. The second kappa shape index (κ2) is 15.9. The van der Waals surface area contributed by atoms with Crippen LogP contribution in [0.2, 0.25) is 0 Å². The Hall–Kier alpha value is -0.630. The van der Waals surface area contributed by atoms with Crippen LogP contribution in [0.1, 0.15) is 85.5 Å². The zero-order valence-corrected chi connectivity index (χ0v) is 16.4. The van der Waals surface area contributed by atoms with Crippen molar-refractivity contribution in [3.8, 4) is 0 Å². The Morgan fingerprint density at radius 1 is 0.750 bits per heavy atom. The molecule has 0 N–H and O–H groups in total. The summed E-state index contributed by atoms with van der Waals surface area (Å²) in [5, 5.41) is 0. The topological polar surface area (TPSA) is 32.0 Å². The lowest BCUT2D eigenvalue weighted by Gasteiger charge is -2.39. The maximum Gasteiger partial charge on any atom is 0.285 e. The predicted molar refractivity (Wildman–Crippen MR) is 99.8 cm³/mol. The van der Waals surface area contributed by atoms with Gasteiger partial charge in [-0.25, -0.2) is 6.57 Å². The first-order valence-corrected chi connectivity index (χ1v) is 9.95. The minimum absolute atomic E-state index is 0.185. The Kier molecular flexibility index (Phi) is 15.5. The Balaban J connectivity index is 4.77. The van der Waals surface area contributed by atoms with Crippen LogP contribution in [0.5, 0.6) is 0 Å². The van der Waals surface area contributed by atoms with E-state index in [4.69, 9.17) is 20.8 Å². The highest BCUT2D eigenvalue weighted by Crippen LogP contribution is 2.34. The first kappa shape index (κ1) is 23.4. The Labute approximate surface area is 150 Å². The maximum atomic E-state index is 7.01. The quantitative estimate of drug-likeness (QED) is 0.190. The molecule has 0 amide bonds. The molecule has 24 heavy (non-hydrogen) atoms. The lowest BCUT2D eigenvalue weighted by Crippen LogP contribution is -2.46. The summed E-state index contributed by atoms with van der Waals surface area (Å²) < 4.78 is 17.9. The average Bonchev–Trinajstić information content (AvgIpc) is 2.57. The summed E-state index contributed by atoms with van der Waals surface area (Å²) in [5.41, 5.74) is 0. The zero-order chi connectivity index (χ0) is 18.1. The third kappa shape index (κ3) is 9.61. The van der Waals surface area contributed by atoms with Crippen molar-refractivity contribution in [2.24, 2.45) is 5.92 Å². The van der Waals surface area contributed by atoms with Gasteiger partial charge in [-0.2, -0.15) is 0 Å². The third-order valence-electron chi connectivity index (χ3n) is 4.27. The summed E-state index contributed by atoms with van der Waals surface area (Å²) >= 11 is 0. The van der Waals surface area contributed by atoms with Gasteiger partial charge in [-0.1, -0.05) is 45.4 Å². The monoisotopic (exact) mass is 341 g/mol. The molecular formula is C20H39NO3. The molecule has 0 aliphatic carbocycles. The maximum absolute atomic E-state index is 7.01. The van der Waals surface area contributed by atoms with Crippen LogP contribution in [0.4, 0.5) is 0 Å². The normalized spacial score (nSPS) is 13.0. The van der Waals surface area contributed by atoms with Crippen molar-refractivity contribution in [2.45, 2.75) is 91.5 Å². The van der Waals surface area contributed by atoms with Crippen molar-refractivity contribution in [3.05, 3.63) is 11.4 Å². The van der Waals surface area contributed by atoms with Crippen LogP contribution >= 0.6 is 0 Å². The van der Waals surface area contributed by atoms with Gasteiger partial charge in [0, 0.05) is 32.2 Å². The molecule has 1 unspecified atom stereocenters. The van der Waals surface area contributed by atoms with E-state index >= 15 is 0 Å².